The summed E-state index contributed by atoms with van der Waals surface area (Å²) in [5.74, 6) is -3.46. The fourth-order valence-corrected chi connectivity index (χ4v) is 2.99. The summed E-state index contributed by atoms with van der Waals surface area (Å²) in [5, 5.41) is 1.97. The summed E-state index contributed by atoms with van der Waals surface area (Å²) in [6.07, 6.45) is -1.13. The summed E-state index contributed by atoms with van der Waals surface area (Å²) in [5.41, 5.74) is 0. The molecule has 1 atom stereocenters. The molecular formula is C18H29NO7S. The van der Waals surface area contributed by atoms with Crippen molar-refractivity contribution in [3.05, 3.63) is 0 Å². The second-order valence-corrected chi connectivity index (χ2v) is 8.69. The number of rotatable bonds is 10. The van der Waals surface area contributed by atoms with Crippen molar-refractivity contribution in [3.8, 4) is 0 Å². The van der Waals surface area contributed by atoms with Crippen molar-refractivity contribution >= 4 is 40.5 Å². The molecule has 0 aromatic carbocycles. The number of amides is 1. The molecule has 0 aromatic heterocycles. The first-order valence-electron chi connectivity index (χ1n) is 8.74. The van der Waals surface area contributed by atoms with Crippen LogP contribution >= 0.6 is 11.8 Å². The quantitative estimate of drug-likeness (QED) is 0.332. The Labute approximate surface area is 164 Å². The Hall–Kier alpha value is -1.90. The average molecular weight is 403 g/mol. The summed E-state index contributed by atoms with van der Waals surface area (Å²) in [4.78, 5) is 59.9. The molecule has 0 saturated heterocycles. The predicted octanol–water partition coefficient (Wildman–Crippen LogP) is 1.64. The SMILES string of the molecule is CCOC(=O)C(NC(=O)C(C)C)C(C)(C)SC(=O)CC(=O)C(=O)OC(C)C. The van der Waals surface area contributed by atoms with Crippen molar-refractivity contribution in [2.45, 2.75) is 71.8 Å². The van der Waals surface area contributed by atoms with Gasteiger partial charge >= 0.3 is 11.9 Å². The molecule has 0 rings (SSSR count). The Bertz CT molecular complexity index is 584. The first-order valence-corrected chi connectivity index (χ1v) is 9.56. The van der Waals surface area contributed by atoms with E-state index in [0.29, 0.717) is 11.8 Å². The summed E-state index contributed by atoms with van der Waals surface area (Å²) >= 11 is 0.699. The molecule has 9 heteroatoms. The molecule has 1 N–H and O–H groups in total. The lowest BCUT2D eigenvalue weighted by Gasteiger charge is -2.32. The molecular weight excluding hydrogens is 374 g/mol. The van der Waals surface area contributed by atoms with E-state index in [4.69, 9.17) is 9.47 Å². The molecule has 0 heterocycles. The number of ether oxygens (including phenoxy) is 2. The molecule has 1 unspecified atom stereocenters. The van der Waals surface area contributed by atoms with Crippen molar-refractivity contribution in [1.29, 1.82) is 0 Å². The summed E-state index contributed by atoms with van der Waals surface area (Å²) in [6.45, 7) is 11.4. The van der Waals surface area contributed by atoms with Gasteiger partial charge in [-0.25, -0.2) is 9.59 Å². The number of thioether (sulfide) groups is 1. The second kappa shape index (κ2) is 11.1. The Morgan fingerprint density at radius 1 is 1.04 bits per heavy atom. The van der Waals surface area contributed by atoms with Gasteiger partial charge in [-0.1, -0.05) is 25.6 Å². The molecule has 0 radical (unpaired) electrons. The number of hydrogen-bond donors (Lipinski definition) is 1. The van der Waals surface area contributed by atoms with Crippen molar-refractivity contribution in [3.63, 3.8) is 0 Å². The number of hydrogen-bond acceptors (Lipinski definition) is 8. The monoisotopic (exact) mass is 403 g/mol. The third-order valence-corrected chi connectivity index (χ3v) is 4.41. The molecule has 0 saturated carbocycles. The normalized spacial score (nSPS) is 12.5. The van der Waals surface area contributed by atoms with E-state index in [0.717, 1.165) is 0 Å². The topological polar surface area (TPSA) is 116 Å². The van der Waals surface area contributed by atoms with Crippen LogP contribution in [0, 0.1) is 5.92 Å². The number of esters is 2. The van der Waals surface area contributed by atoms with Crippen LogP contribution < -0.4 is 5.32 Å². The van der Waals surface area contributed by atoms with Gasteiger partial charge in [0.25, 0.3) is 0 Å². The zero-order valence-electron chi connectivity index (χ0n) is 16.9. The Balaban J connectivity index is 5.18. The lowest BCUT2D eigenvalue weighted by molar-refractivity contribution is -0.157. The fourth-order valence-electron chi connectivity index (χ4n) is 1.92. The molecule has 0 bridgehead atoms. The Kier molecular flexibility index (Phi) is 10.3. The minimum Gasteiger partial charge on any atom is -0.464 e. The van der Waals surface area contributed by atoms with Crippen LogP contribution in [0.15, 0.2) is 0 Å². The van der Waals surface area contributed by atoms with Gasteiger partial charge in [-0.3, -0.25) is 14.4 Å². The summed E-state index contributed by atoms with van der Waals surface area (Å²) in [7, 11) is 0. The molecule has 0 aliphatic rings. The first-order chi connectivity index (χ1) is 12.3. The van der Waals surface area contributed by atoms with E-state index in [9.17, 15) is 24.0 Å². The fraction of sp³-hybridized carbons (Fsp3) is 0.722. The summed E-state index contributed by atoms with van der Waals surface area (Å²) in [6, 6.07) is -1.10. The van der Waals surface area contributed by atoms with Crippen LogP contribution in [0.3, 0.4) is 0 Å². The molecule has 154 valence electrons. The zero-order chi connectivity index (χ0) is 21.4. The van der Waals surface area contributed by atoms with E-state index in [1.54, 1.807) is 48.5 Å². The maximum Gasteiger partial charge on any atom is 0.375 e. The van der Waals surface area contributed by atoms with Gasteiger partial charge < -0.3 is 14.8 Å². The van der Waals surface area contributed by atoms with Gasteiger partial charge in [0.2, 0.25) is 11.7 Å². The Morgan fingerprint density at radius 2 is 1.59 bits per heavy atom. The van der Waals surface area contributed by atoms with Crippen molar-refractivity contribution in [2.24, 2.45) is 5.92 Å². The molecule has 0 spiro atoms. The van der Waals surface area contributed by atoms with Crippen molar-refractivity contribution < 1.29 is 33.4 Å². The highest BCUT2D eigenvalue weighted by Crippen LogP contribution is 2.31. The van der Waals surface area contributed by atoms with Crippen LogP contribution in [0.2, 0.25) is 0 Å². The minimum atomic E-state index is -1.10. The van der Waals surface area contributed by atoms with Crippen LogP contribution in [0.25, 0.3) is 0 Å². The number of nitrogens with one attached hydrogen (secondary N) is 1. The van der Waals surface area contributed by atoms with Gasteiger partial charge in [0.15, 0.2) is 5.12 Å². The molecule has 1 amide bonds. The first kappa shape index (κ1) is 25.1. The van der Waals surface area contributed by atoms with Crippen molar-refractivity contribution in [1.82, 2.24) is 5.32 Å². The van der Waals surface area contributed by atoms with Gasteiger partial charge in [-0.2, -0.15) is 0 Å². The highest BCUT2D eigenvalue weighted by Gasteiger charge is 2.40. The van der Waals surface area contributed by atoms with Crippen LogP contribution in [0.1, 0.15) is 54.9 Å². The van der Waals surface area contributed by atoms with Gasteiger partial charge in [-0.15, -0.1) is 0 Å². The van der Waals surface area contributed by atoms with E-state index in [-0.39, 0.29) is 18.4 Å². The smallest absolute Gasteiger partial charge is 0.375 e. The highest BCUT2D eigenvalue weighted by atomic mass is 32.2. The highest BCUT2D eigenvalue weighted by molar-refractivity contribution is 8.14. The number of ketones is 1. The van der Waals surface area contributed by atoms with Gasteiger partial charge in [0, 0.05) is 10.7 Å². The van der Waals surface area contributed by atoms with Gasteiger partial charge in [0.1, 0.15) is 6.04 Å². The van der Waals surface area contributed by atoms with Crippen molar-refractivity contribution in [2.75, 3.05) is 6.61 Å². The molecule has 0 aliphatic heterocycles. The zero-order valence-corrected chi connectivity index (χ0v) is 17.7. The third kappa shape index (κ3) is 9.03. The van der Waals surface area contributed by atoms with E-state index in [1.165, 1.54) is 0 Å². The van der Waals surface area contributed by atoms with Gasteiger partial charge in [0.05, 0.1) is 19.1 Å². The minimum absolute atomic E-state index is 0.112. The predicted molar refractivity (Wildman–Crippen MR) is 101 cm³/mol. The maximum atomic E-state index is 12.3. The van der Waals surface area contributed by atoms with E-state index >= 15 is 0 Å². The van der Waals surface area contributed by atoms with Crippen LogP contribution in [-0.2, 0) is 33.4 Å². The number of Topliss-reactive ketones (excluding diaryl/α,β-unsaturated/α-hetero) is 1. The third-order valence-electron chi connectivity index (χ3n) is 3.28. The number of carbonyl (C=O) groups excluding carboxylic acids is 5. The molecule has 8 nitrogen and oxygen atoms in total. The lowest BCUT2D eigenvalue weighted by atomic mass is 10.0. The molecule has 0 aromatic rings. The molecule has 0 fully saturated rings. The average Bonchev–Trinajstić information content (AvgIpc) is 2.50. The van der Waals surface area contributed by atoms with Crippen LogP contribution in [0.5, 0.6) is 0 Å². The van der Waals surface area contributed by atoms with Crippen LogP contribution in [-0.4, -0.2) is 52.2 Å². The Morgan fingerprint density at radius 3 is 2.04 bits per heavy atom. The molecule has 27 heavy (non-hydrogen) atoms. The molecule has 0 aliphatic carbocycles. The van der Waals surface area contributed by atoms with E-state index in [2.05, 4.69) is 5.32 Å². The maximum absolute atomic E-state index is 12.3. The summed E-state index contributed by atoms with van der Waals surface area (Å²) < 4.78 is 8.65. The standard InChI is InChI=1S/C18H29NO7S/c1-8-25-17(24)14(19-15(22)10(2)3)18(6,7)27-13(21)9-12(20)16(23)26-11(4)5/h10-11,14H,8-9H2,1-7H3,(H,19,22). The van der Waals surface area contributed by atoms with Gasteiger partial charge in [-0.05, 0) is 34.6 Å². The second-order valence-electron chi connectivity index (χ2n) is 6.98. The van der Waals surface area contributed by atoms with E-state index < -0.39 is 46.2 Å². The lowest BCUT2D eigenvalue weighted by Crippen LogP contribution is -2.54. The van der Waals surface area contributed by atoms with E-state index in [1.807, 2.05) is 0 Å². The largest absolute Gasteiger partial charge is 0.464 e. The number of carbonyl (C=O) groups is 5. The van der Waals surface area contributed by atoms with Crippen LogP contribution in [0.4, 0.5) is 0 Å².